The molecule has 4 heteroatoms. The monoisotopic (exact) mass is 300 g/mol. The minimum Gasteiger partial charge on any atom is -0.391 e. The SMILES string of the molecule is CC(O)C1CCCCN1C(=O)CCn1ccc2ccccc21. The standard InChI is InChI=1S/C18H24N2O2/c1-14(21)16-7-4-5-11-20(16)18(22)10-13-19-12-9-15-6-2-3-8-17(15)19/h2-3,6,8-9,12,14,16,21H,4-5,7,10-11,13H2,1H3. The molecule has 0 radical (unpaired) electrons. The van der Waals surface area contributed by atoms with Gasteiger partial charge in [-0.15, -0.1) is 0 Å². The fourth-order valence-corrected chi connectivity index (χ4v) is 3.46. The minimum absolute atomic E-state index is 0.0114. The van der Waals surface area contributed by atoms with E-state index in [2.05, 4.69) is 22.8 Å². The largest absolute Gasteiger partial charge is 0.391 e. The zero-order valence-corrected chi connectivity index (χ0v) is 13.1. The number of nitrogens with zero attached hydrogens (tertiary/aromatic N) is 2. The van der Waals surface area contributed by atoms with E-state index in [-0.39, 0.29) is 11.9 Å². The number of rotatable bonds is 4. The Morgan fingerprint density at radius 1 is 1.32 bits per heavy atom. The highest BCUT2D eigenvalue weighted by Crippen LogP contribution is 2.21. The Kier molecular flexibility index (Phi) is 4.48. The fraction of sp³-hybridized carbons (Fsp3) is 0.500. The average molecular weight is 300 g/mol. The number of carbonyl (C=O) groups excluding carboxylic acids is 1. The smallest absolute Gasteiger partial charge is 0.224 e. The van der Waals surface area contributed by atoms with E-state index >= 15 is 0 Å². The number of amides is 1. The van der Waals surface area contributed by atoms with Gasteiger partial charge in [0.1, 0.15) is 0 Å². The Balaban J connectivity index is 1.66. The van der Waals surface area contributed by atoms with Crippen LogP contribution in [0.5, 0.6) is 0 Å². The summed E-state index contributed by atoms with van der Waals surface area (Å²) < 4.78 is 2.13. The Morgan fingerprint density at radius 3 is 2.95 bits per heavy atom. The van der Waals surface area contributed by atoms with Crippen LogP contribution in [0.1, 0.15) is 32.6 Å². The highest BCUT2D eigenvalue weighted by atomic mass is 16.3. The molecule has 2 heterocycles. The molecule has 0 aliphatic carbocycles. The molecular formula is C18H24N2O2. The lowest BCUT2D eigenvalue weighted by Crippen LogP contribution is -2.49. The summed E-state index contributed by atoms with van der Waals surface area (Å²) in [4.78, 5) is 14.4. The number of aliphatic hydroxyl groups is 1. The maximum absolute atomic E-state index is 12.5. The van der Waals surface area contributed by atoms with Gasteiger partial charge in [0.15, 0.2) is 0 Å². The molecule has 4 nitrogen and oxygen atoms in total. The number of aryl methyl sites for hydroxylation is 1. The summed E-state index contributed by atoms with van der Waals surface area (Å²) in [5, 5.41) is 11.1. The zero-order valence-electron chi connectivity index (χ0n) is 13.1. The predicted octanol–water partition coefficient (Wildman–Crippen LogP) is 2.79. The lowest BCUT2D eigenvalue weighted by molar-refractivity contribution is -0.137. The van der Waals surface area contributed by atoms with Crippen LogP contribution >= 0.6 is 0 Å². The molecule has 0 spiro atoms. The number of benzene rings is 1. The molecule has 2 atom stereocenters. The van der Waals surface area contributed by atoms with Crippen LogP contribution in [0.3, 0.4) is 0 Å². The van der Waals surface area contributed by atoms with Gasteiger partial charge in [-0.1, -0.05) is 18.2 Å². The quantitative estimate of drug-likeness (QED) is 0.943. The summed E-state index contributed by atoms with van der Waals surface area (Å²) in [5.74, 6) is 0.156. The molecule has 3 rings (SSSR count). The number of hydrogen-bond acceptors (Lipinski definition) is 2. The molecule has 1 aromatic carbocycles. The van der Waals surface area contributed by atoms with Crippen molar-refractivity contribution in [2.24, 2.45) is 0 Å². The van der Waals surface area contributed by atoms with Crippen molar-refractivity contribution in [1.82, 2.24) is 9.47 Å². The summed E-state index contributed by atoms with van der Waals surface area (Å²) in [6.45, 7) is 3.26. The molecule has 1 saturated heterocycles. The van der Waals surface area contributed by atoms with Gasteiger partial charge in [-0.25, -0.2) is 0 Å². The molecule has 1 amide bonds. The van der Waals surface area contributed by atoms with Gasteiger partial charge in [0.25, 0.3) is 0 Å². The summed E-state index contributed by atoms with van der Waals surface area (Å²) in [6.07, 6.45) is 5.14. The van der Waals surface area contributed by atoms with Crippen LogP contribution in [0.4, 0.5) is 0 Å². The summed E-state index contributed by atoms with van der Waals surface area (Å²) in [6, 6.07) is 10.3. The lowest BCUT2D eigenvalue weighted by atomic mass is 9.98. The minimum atomic E-state index is -0.448. The van der Waals surface area contributed by atoms with E-state index in [1.165, 1.54) is 10.9 Å². The normalized spacial score (nSPS) is 20.3. The zero-order chi connectivity index (χ0) is 15.5. The van der Waals surface area contributed by atoms with Crippen molar-refractivity contribution < 1.29 is 9.90 Å². The first-order valence-corrected chi connectivity index (χ1v) is 8.18. The Morgan fingerprint density at radius 2 is 2.14 bits per heavy atom. The maximum Gasteiger partial charge on any atom is 0.224 e. The van der Waals surface area contributed by atoms with E-state index in [1.807, 2.05) is 23.2 Å². The van der Waals surface area contributed by atoms with Crippen LogP contribution in [0.15, 0.2) is 36.5 Å². The van der Waals surface area contributed by atoms with Gasteiger partial charge in [0.05, 0.1) is 12.1 Å². The molecular weight excluding hydrogens is 276 g/mol. The fourth-order valence-electron chi connectivity index (χ4n) is 3.46. The number of carbonyl (C=O) groups is 1. The second kappa shape index (κ2) is 6.53. The Hall–Kier alpha value is -1.81. The van der Waals surface area contributed by atoms with Crippen LogP contribution in [-0.2, 0) is 11.3 Å². The van der Waals surface area contributed by atoms with E-state index < -0.39 is 6.10 Å². The molecule has 1 aliphatic heterocycles. The predicted molar refractivity (Wildman–Crippen MR) is 87.6 cm³/mol. The van der Waals surface area contributed by atoms with Crippen molar-refractivity contribution >= 4 is 16.8 Å². The molecule has 2 unspecified atom stereocenters. The van der Waals surface area contributed by atoms with Crippen LogP contribution < -0.4 is 0 Å². The van der Waals surface area contributed by atoms with E-state index in [9.17, 15) is 9.90 Å². The van der Waals surface area contributed by atoms with Crippen molar-refractivity contribution in [1.29, 1.82) is 0 Å². The molecule has 0 bridgehead atoms. The third-order valence-corrected chi connectivity index (χ3v) is 4.67. The van der Waals surface area contributed by atoms with Crippen molar-refractivity contribution in [3.05, 3.63) is 36.5 Å². The number of piperidine rings is 1. The third kappa shape index (κ3) is 3.02. The second-order valence-electron chi connectivity index (χ2n) is 6.21. The molecule has 1 N–H and O–H groups in total. The second-order valence-corrected chi connectivity index (χ2v) is 6.21. The number of hydrogen-bond donors (Lipinski definition) is 1. The maximum atomic E-state index is 12.5. The van der Waals surface area contributed by atoms with Crippen molar-refractivity contribution in [2.45, 2.75) is 51.3 Å². The van der Waals surface area contributed by atoms with Crippen molar-refractivity contribution in [3.63, 3.8) is 0 Å². The lowest BCUT2D eigenvalue weighted by Gasteiger charge is -2.37. The van der Waals surface area contributed by atoms with E-state index in [1.54, 1.807) is 6.92 Å². The van der Waals surface area contributed by atoms with Crippen LogP contribution in [-0.4, -0.2) is 39.2 Å². The van der Waals surface area contributed by atoms with Gasteiger partial charge < -0.3 is 14.6 Å². The van der Waals surface area contributed by atoms with Crippen LogP contribution in [0.2, 0.25) is 0 Å². The first kappa shape index (κ1) is 15.1. The van der Waals surface area contributed by atoms with Gasteiger partial charge in [0, 0.05) is 31.2 Å². The van der Waals surface area contributed by atoms with Crippen LogP contribution in [0, 0.1) is 0 Å². The van der Waals surface area contributed by atoms with Crippen LogP contribution in [0.25, 0.3) is 10.9 Å². The number of aliphatic hydroxyl groups excluding tert-OH is 1. The molecule has 22 heavy (non-hydrogen) atoms. The van der Waals surface area contributed by atoms with Gasteiger partial charge in [-0.05, 0) is 43.7 Å². The molecule has 2 aromatic rings. The average Bonchev–Trinajstić information content (AvgIpc) is 2.96. The number of likely N-dealkylation sites (tertiary alicyclic amines) is 1. The summed E-state index contributed by atoms with van der Waals surface area (Å²) in [7, 11) is 0. The third-order valence-electron chi connectivity index (χ3n) is 4.67. The Labute approximate surface area is 131 Å². The molecule has 1 fully saturated rings. The number of aromatic nitrogens is 1. The molecule has 118 valence electrons. The van der Waals surface area contributed by atoms with Gasteiger partial charge >= 0.3 is 0 Å². The number of para-hydroxylation sites is 1. The van der Waals surface area contributed by atoms with Gasteiger partial charge in [-0.2, -0.15) is 0 Å². The topological polar surface area (TPSA) is 45.5 Å². The first-order valence-electron chi connectivity index (χ1n) is 8.18. The summed E-state index contributed by atoms with van der Waals surface area (Å²) in [5.41, 5.74) is 1.17. The summed E-state index contributed by atoms with van der Waals surface area (Å²) >= 11 is 0. The van der Waals surface area contributed by atoms with Crippen molar-refractivity contribution in [2.75, 3.05) is 6.54 Å². The highest BCUT2D eigenvalue weighted by Gasteiger charge is 2.29. The Bertz CT molecular complexity index is 647. The van der Waals surface area contributed by atoms with Gasteiger partial charge in [0.2, 0.25) is 5.91 Å². The highest BCUT2D eigenvalue weighted by molar-refractivity contribution is 5.80. The molecule has 1 aromatic heterocycles. The first-order chi connectivity index (χ1) is 10.7. The van der Waals surface area contributed by atoms with Crippen molar-refractivity contribution in [3.8, 4) is 0 Å². The number of fused-ring (bicyclic) bond motifs is 1. The van der Waals surface area contributed by atoms with E-state index in [0.717, 1.165) is 25.8 Å². The van der Waals surface area contributed by atoms with E-state index in [0.29, 0.717) is 13.0 Å². The van der Waals surface area contributed by atoms with E-state index in [4.69, 9.17) is 0 Å². The molecule has 1 aliphatic rings. The molecule has 0 saturated carbocycles. The van der Waals surface area contributed by atoms with Gasteiger partial charge in [-0.3, -0.25) is 4.79 Å².